The number of carbonyl (C=O) groups excluding carboxylic acids is 2. The zero-order valence-corrected chi connectivity index (χ0v) is 20.3. The Bertz CT molecular complexity index is 1100. The van der Waals surface area contributed by atoms with Crippen molar-refractivity contribution in [1.29, 1.82) is 5.26 Å². The van der Waals surface area contributed by atoms with Crippen LogP contribution in [0.25, 0.3) is 0 Å². The Balaban J connectivity index is 1.52. The molecule has 0 aromatic heterocycles. The number of hydrogen-bond acceptors (Lipinski definition) is 7. The molecule has 0 aliphatic carbocycles. The van der Waals surface area contributed by atoms with E-state index in [2.05, 4.69) is 28.8 Å². The van der Waals surface area contributed by atoms with E-state index in [0.29, 0.717) is 56.2 Å². The summed E-state index contributed by atoms with van der Waals surface area (Å²) in [7, 11) is 1.76. The smallest absolute Gasteiger partial charge is 0.256 e. The third kappa shape index (κ3) is 5.73. The van der Waals surface area contributed by atoms with Gasteiger partial charge >= 0.3 is 0 Å². The van der Waals surface area contributed by atoms with Gasteiger partial charge in [-0.2, -0.15) is 5.26 Å². The number of benzene rings is 2. The molecule has 0 bridgehead atoms. The maximum absolute atomic E-state index is 13.4. The Labute approximate surface area is 206 Å². The second-order valence-corrected chi connectivity index (χ2v) is 8.76. The van der Waals surface area contributed by atoms with Gasteiger partial charge in [0.15, 0.2) is 0 Å². The van der Waals surface area contributed by atoms with Crippen molar-refractivity contribution in [3.63, 3.8) is 0 Å². The summed E-state index contributed by atoms with van der Waals surface area (Å²) in [6, 6.07) is 13.9. The number of amides is 2. The second-order valence-electron chi connectivity index (χ2n) is 8.76. The molecule has 35 heavy (non-hydrogen) atoms. The first kappa shape index (κ1) is 24.5. The third-order valence-corrected chi connectivity index (χ3v) is 6.38. The molecule has 0 spiro atoms. The fraction of sp³-hybridized carbons (Fsp3) is 0.423. The van der Waals surface area contributed by atoms with Crippen LogP contribution in [-0.4, -0.2) is 68.2 Å². The molecule has 9 nitrogen and oxygen atoms in total. The summed E-state index contributed by atoms with van der Waals surface area (Å²) in [6.07, 6.45) is 0.695. The van der Waals surface area contributed by atoms with E-state index in [-0.39, 0.29) is 24.9 Å². The number of nitrogens with zero attached hydrogens (tertiary/aromatic N) is 4. The topological polar surface area (TPSA) is 101 Å². The van der Waals surface area contributed by atoms with Crippen molar-refractivity contribution in [3.8, 4) is 11.8 Å². The standard InChI is InChI=1S/C26H32N6O3/c1-3-28-9-10-29-24(33)17-31(23-13-19(14-27)12-20-8-11-35-26(20)23)18-25(34)30(2)32-15-21-6-4-5-7-22(21)16-32/h4-7,12-13,28H,3,8-11,15-18H2,1-2H3,(H,29,33). The second kappa shape index (κ2) is 11.2. The molecule has 0 saturated heterocycles. The number of carbonyl (C=O) groups is 2. The number of fused-ring (bicyclic) bond motifs is 2. The van der Waals surface area contributed by atoms with Crippen LogP contribution in [0, 0.1) is 11.3 Å². The summed E-state index contributed by atoms with van der Waals surface area (Å²) in [4.78, 5) is 27.9. The predicted octanol–water partition coefficient (Wildman–Crippen LogP) is 1.41. The molecule has 0 radical (unpaired) electrons. The van der Waals surface area contributed by atoms with Gasteiger partial charge < -0.3 is 20.3 Å². The van der Waals surface area contributed by atoms with E-state index in [1.165, 1.54) is 11.1 Å². The summed E-state index contributed by atoms with van der Waals surface area (Å²) in [5, 5.41) is 19.2. The molecular weight excluding hydrogens is 444 g/mol. The minimum atomic E-state index is -0.193. The molecule has 2 amide bonds. The van der Waals surface area contributed by atoms with Gasteiger partial charge in [0, 0.05) is 45.2 Å². The average Bonchev–Trinajstić information content (AvgIpc) is 3.52. The highest BCUT2D eigenvalue weighted by Crippen LogP contribution is 2.37. The highest BCUT2D eigenvalue weighted by Gasteiger charge is 2.29. The van der Waals surface area contributed by atoms with Crippen molar-refractivity contribution in [2.75, 3.05) is 51.3 Å². The van der Waals surface area contributed by atoms with Crippen molar-refractivity contribution in [2.24, 2.45) is 0 Å². The number of hydrogen-bond donors (Lipinski definition) is 2. The van der Waals surface area contributed by atoms with E-state index in [9.17, 15) is 14.9 Å². The van der Waals surface area contributed by atoms with Crippen LogP contribution >= 0.6 is 0 Å². The normalized spacial score (nSPS) is 14.0. The highest BCUT2D eigenvalue weighted by atomic mass is 16.5. The van der Waals surface area contributed by atoms with E-state index in [1.54, 1.807) is 23.0 Å². The van der Waals surface area contributed by atoms with Gasteiger partial charge in [-0.05, 0) is 29.8 Å². The van der Waals surface area contributed by atoms with E-state index in [4.69, 9.17) is 4.74 Å². The first-order valence-corrected chi connectivity index (χ1v) is 12.0. The van der Waals surface area contributed by atoms with Crippen molar-refractivity contribution >= 4 is 17.5 Å². The Kier molecular flexibility index (Phi) is 7.85. The number of rotatable bonds is 10. The van der Waals surface area contributed by atoms with E-state index >= 15 is 0 Å². The van der Waals surface area contributed by atoms with Crippen LogP contribution in [0.2, 0.25) is 0 Å². The number of hydrazine groups is 1. The molecule has 2 aromatic carbocycles. The van der Waals surface area contributed by atoms with Crippen molar-refractivity contribution < 1.29 is 14.3 Å². The highest BCUT2D eigenvalue weighted by molar-refractivity contribution is 5.87. The van der Waals surface area contributed by atoms with Gasteiger partial charge in [0.2, 0.25) is 5.91 Å². The van der Waals surface area contributed by atoms with E-state index < -0.39 is 0 Å². The first-order valence-electron chi connectivity index (χ1n) is 12.0. The lowest BCUT2D eigenvalue weighted by atomic mass is 10.1. The van der Waals surface area contributed by atoms with Crippen LogP contribution in [-0.2, 0) is 29.1 Å². The lowest BCUT2D eigenvalue weighted by Crippen LogP contribution is -2.48. The van der Waals surface area contributed by atoms with Gasteiger partial charge in [0.1, 0.15) is 5.75 Å². The largest absolute Gasteiger partial charge is 0.491 e. The van der Waals surface area contributed by atoms with Gasteiger partial charge in [0.25, 0.3) is 5.91 Å². The van der Waals surface area contributed by atoms with E-state index in [1.807, 2.05) is 30.1 Å². The lowest BCUT2D eigenvalue weighted by molar-refractivity contribution is -0.145. The van der Waals surface area contributed by atoms with Gasteiger partial charge in [-0.25, -0.2) is 5.01 Å². The zero-order chi connectivity index (χ0) is 24.8. The van der Waals surface area contributed by atoms with Crippen LogP contribution in [0.1, 0.15) is 29.2 Å². The molecule has 2 heterocycles. The SMILES string of the molecule is CCNCCNC(=O)CN(CC(=O)N(C)N1Cc2ccccc2C1)c1cc(C#N)cc2c1OCC2. The quantitative estimate of drug-likeness (QED) is 0.500. The first-order chi connectivity index (χ1) is 17.0. The average molecular weight is 477 g/mol. The zero-order valence-electron chi connectivity index (χ0n) is 20.3. The number of anilines is 1. The summed E-state index contributed by atoms with van der Waals surface area (Å²) >= 11 is 0. The molecule has 4 rings (SSSR count). The van der Waals surface area contributed by atoms with Crippen LogP contribution < -0.4 is 20.3 Å². The Hall–Kier alpha value is -3.61. The van der Waals surface area contributed by atoms with Crippen LogP contribution in [0.5, 0.6) is 5.75 Å². The third-order valence-electron chi connectivity index (χ3n) is 6.38. The summed E-state index contributed by atoms with van der Waals surface area (Å²) in [5.74, 6) is 0.307. The van der Waals surface area contributed by atoms with Gasteiger partial charge in [-0.1, -0.05) is 31.2 Å². The summed E-state index contributed by atoms with van der Waals surface area (Å²) in [5.41, 5.74) is 4.42. The molecule has 184 valence electrons. The lowest BCUT2D eigenvalue weighted by Gasteiger charge is -2.32. The Morgan fingerprint density at radius 1 is 1.11 bits per heavy atom. The fourth-order valence-electron chi connectivity index (χ4n) is 4.46. The molecule has 2 aromatic rings. The minimum Gasteiger partial charge on any atom is -0.491 e. The molecule has 0 atom stereocenters. The summed E-state index contributed by atoms with van der Waals surface area (Å²) in [6.45, 7) is 5.79. The number of likely N-dealkylation sites (N-methyl/N-ethyl adjacent to an activating group) is 2. The fourth-order valence-corrected chi connectivity index (χ4v) is 4.46. The predicted molar refractivity (Wildman–Crippen MR) is 133 cm³/mol. The molecule has 0 saturated carbocycles. The molecule has 0 unspecified atom stereocenters. The maximum Gasteiger partial charge on any atom is 0.256 e. The van der Waals surface area contributed by atoms with Crippen LogP contribution in [0.4, 0.5) is 5.69 Å². The van der Waals surface area contributed by atoms with Crippen molar-refractivity contribution in [1.82, 2.24) is 20.7 Å². The Morgan fingerprint density at radius 3 is 2.54 bits per heavy atom. The molecule has 2 aliphatic rings. The van der Waals surface area contributed by atoms with Crippen molar-refractivity contribution in [2.45, 2.75) is 26.4 Å². The number of nitrogens with one attached hydrogen (secondary N) is 2. The van der Waals surface area contributed by atoms with E-state index in [0.717, 1.165) is 12.1 Å². The minimum absolute atomic E-state index is 0.0172. The van der Waals surface area contributed by atoms with Gasteiger partial charge in [0.05, 0.1) is 37.0 Å². The van der Waals surface area contributed by atoms with Gasteiger partial charge in [-0.3, -0.25) is 14.6 Å². The molecular formula is C26H32N6O3. The van der Waals surface area contributed by atoms with Crippen LogP contribution in [0.3, 0.4) is 0 Å². The molecule has 2 N–H and O–H groups in total. The van der Waals surface area contributed by atoms with Crippen LogP contribution in [0.15, 0.2) is 36.4 Å². The maximum atomic E-state index is 13.4. The molecule has 0 fully saturated rings. The monoisotopic (exact) mass is 476 g/mol. The summed E-state index contributed by atoms with van der Waals surface area (Å²) < 4.78 is 5.86. The number of ether oxygens (including phenoxy) is 1. The van der Waals surface area contributed by atoms with Crippen molar-refractivity contribution in [3.05, 3.63) is 58.7 Å². The molecule has 2 aliphatic heterocycles. The number of nitriles is 1. The molecule has 9 heteroatoms. The Morgan fingerprint density at radius 2 is 1.86 bits per heavy atom. The van der Waals surface area contributed by atoms with Gasteiger partial charge in [-0.15, -0.1) is 0 Å².